The summed E-state index contributed by atoms with van der Waals surface area (Å²) in [6, 6.07) is 0.0153. The third-order valence-electron chi connectivity index (χ3n) is 2.71. The first-order valence-corrected chi connectivity index (χ1v) is 5.15. The van der Waals surface area contributed by atoms with Gasteiger partial charge in [0.15, 0.2) is 0 Å². The van der Waals surface area contributed by atoms with Crippen LogP contribution in [0.1, 0.15) is 39.0 Å². The van der Waals surface area contributed by atoms with Crippen LogP contribution in [0.2, 0.25) is 0 Å². The molecule has 3 heteroatoms. The molecular weight excluding hydrogens is 166 g/mol. The molecule has 1 saturated carbocycles. The smallest absolute Gasteiger partial charge is 0.307 e. The Kier molecular flexibility index (Phi) is 4.22. The molecule has 0 aromatic rings. The minimum absolute atomic E-state index is 0.0153. The van der Waals surface area contributed by atoms with Gasteiger partial charge in [-0.15, -0.1) is 0 Å². The quantitative estimate of drug-likeness (QED) is 0.674. The number of carbonyl (C=O) groups excluding carboxylic acids is 1. The highest BCUT2D eigenvalue weighted by Crippen LogP contribution is 2.27. The first-order chi connectivity index (χ1) is 6.24. The first-order valence-electron chi connectivity index (χ1n) is 5.15. The Hall–Kier alpha value is -0.570. The van der Waals surface area contributed by atoms with Crippen molar-refractivity contribution in [2.45, 2.75) is 45.1 Å². The van der Waals surface area contributed by atoms with E-state index in [-0.39, 0.29) is 12.0 Å². The molecule has 0 radical (unpaired) electrons. The van der Waals surface area contributed by atoms with E-state index in [9.17, 15) is 4.79 Å². The molecule has 0 heterocycles. The lowest BCUT2D eigenvalue weighted by molar-refractivity contribution is -0.143. The molecule has 1 fully saturated rings. The van der Waals surface area contributed by atoms with E-state index in [0.29, 0.717) is 18.9 Å². The van der Waals surface area contributed by atoms with Gasteiger partial charge in [-0.25, -0.2) is 0 Å². The van der Waals surface area contributed by atoms with Crippen molar-refractivity contribution in [1.29, 1.82) is 0 Å². The van der Waals surface area contributed by atoms with Crippen LogP contribution in [0.5, 0.6) is 0 Å². The van der Waals surface area contributed by atoms with Crippen LogP contribution in [0.3, 0.4) is 0 Å². The van der Waals surface area contributed by atoms with Crippen molar-refractivity contribution in [2.24, 2.45) is 11.7 Å². The Morgan fingerprint density at radius 1 is 1.54 bits per heavy atom. The summed E-state index contributed by atoms with van der Waals surface area (Å²) < 4.78 is 4.85. The molecule has 76 valence electrons. The summed E-state index contributed by atoms with van der Waals surface area (Å²) in [4.78, 5) is 11.1. The molecule has 1 atom stereocenters. The zero-order valence-electron chi connectivity index (χ0n) is 8.29. The van der Waals surface area contributed by atoms with Crippen molar-refractivity contribution < 1.29 is 9.53 Å². The Labute approximate surface area is 79.6 Å². The summed E-state index contributed by atoms with van der Waals surface area (Å²) in [5.74, 6) is 0.395. The molecule has 0 unspecified atom stereocenters. The van der Waals surface area contributed by atoms with Crippen molar-refractivity contribution in [2.75, 3.05) is 6.61 Å². The molecule has 1 aliphatic rings. The van der Waals surface area contributed by atoms with Gasteiger partial charge in [-0.2, -0.15) is 0 Å². The molecule has 0 aromatic heterocycles. The van der Waals surface area contributed by atoms with E-state index in [1.165, 1.54) is 25.7 Å². The monoisotopic (exact) mass is 185 g/mol. The molecule has 0 bridgehead atoms. The Bertz CT molecular complexity index is 164. The van der Waals surface area contributed by atoms with Crippen molar-refractivity contribution in [3.8, 4) is 0 Å². The fraction of sp³-hybridized carbons (Fsp3) is 0.900. The van der Waals surface area contributed by atoms with Crippen LogP contribution in [0.25, 0.3) is 0 Å². The summed E-state index contributed by atoms with van der Waals surface area (Å²) in [6.07, 6.45) is 5.28. The fourth-order valence-corrected chi connectivity index (χ4v) is 1.96. The summed E-state index contributed by atoms with van der Waals surface area (Å²) >= 11 is 0. The van der Waals surface area contributed by atoms with Gasteiger partial charge in [-0.3, -0.25) is 4.79 Å². The lowest BCUT2D eigenvalue weighted by atomic mass is 9.96. The van der Waals surface area contributed by atoms with Crippen LogP contribution in [-0.2, 0) is 9.53 Å². The van der Waals surface area contributed by atoms with Gasteiger partial charge >= 0.3 is 5.97 Å². The second-order valence-corrected chi connectivity index (χ2v) is 3.72. The summed E-state index contributed by atoms with van der Waals surface area (Å²) in [7, 11) is 0. The number of hydrogen-bond acceptors (Lipinski definition) is 3. The van der Waals surface area contributed by atoms with Gasteiger partial charge in [0.05, 0.1) is 13.0 Å². The molecule has 1 rings (SSSR count). The molecule has 0 aliphatic heterocycles. The van der Waals surface area contributed by atoms with Gasteiger partial charge in [-0.1, -0.05) is 12.8 Å². The van der Waals surface area contributed by atoms with E-state index in [1.807, 2.05) is 6.92 Å². The SMILES string of the molecule is CCOC(=O)C[C@@H](N)C1CCCC1. The molecule has 1 aliphatic carbocycles. The molecule has 0 amide bonds. The zero-order chi connectivity index (χ0) is 9.68. The molecule has 0 saturated heterocycles. The van der Waals surface area contributed by atoms with Crippen LogP contribution in [0.4, 0.5) is 0 Å². The van der Waals surface area contributed by atoms with Crippen LogP contribution in [0.15, 0.2) is 0 Å². The maximum atomic E-state index is 11.1. The van der Waals surface area contributed by atoms with Gasteiger partial charge in [0.2, 0.25) is 0 Å². The number of hydrogen-bond donors (Lipinski definition) is 1. The number of ether oxygens (including phenoxy) is 1. The van der Waals surface area contributed by atoms with Crippen LogP contribution >= 0.6 is 0 Å². The molecule has 0 aromatic carbocycles. The van der Waals surface area contributed by atoms with Crippen LogP contribution < -0.4 is 5.73 Å². The van der Waals surface area contributed by atoms with Crippen LogP contribution in [0, 0.1) is 5.92 Å². The van der Waals surface area contributed by atoms with Gasteiger partial charge in [-0.05, 0) is 25.7 Å². The van der Waals surface area contributed by atoms with E-state index < -0.39 is 0 Å². The summed E-state index contributed by atoms with van der Waals surface area (Å²) in [5, 5.41) is 0. The van der Waals surface area contributed by atoms with Gasteiger partial charge in [0, 0.05) is 6.04 Å². The van der Waals surface area contributed by atoms with E-state index in [2.05, 4.69) is 0 Å². The molecular formula is C10H19NO2. The van der Waals surface area contributed by atoms with E-state index in [4.69, 9.17) is 10.5 Å². The Balaban J connectivity index is 2.22. The average Bonchev–Trinajstić information content (AvgIpc) is 2.55. The second-order valence-electron chi connectivity index (χ2n) is 3.72. The summed E-state index contributed by atoms with van der Waals surface area (Å²) in [5.41, 5.74) is 5.91. The fourth-order valence-electron chi connectivity index (χ4n) is 1.96. The van der Waals surface area contributed by atoms with Gasteiger partial charge < -0.3 is 10.5 Å². The predicted octanol–water partition coefficient (Wildman–Crippen LogP) is 1.46. The first kappa shape index (κ1) is 10.5. The van der Waals surface area contributed by atoms with Crippen molar-refractivity contribution in [3.05, 3.63) is 0 Å². The topological polar surface area (TPSA) is 52.3 Å². The molecule has 13 heavy (non-hydrogen) atoms. The Morgan fingerprint density at radius 3 is 2.69 bits per heavy atom. The lowest BCUT2D eigenvalue weighted by Gasteiger charge is -2.17. The van der Waals surface area contributed by atoms with Crippen molar-refractivity contribution in [1.82, 2.24) is 0 Å². The molecule has 3 nitrogen and oxygen atoms in total. The van der Waals surface area contributed by atoms with Gasteiger partial charge in [0.1, 0.15) is 0 Å². The third kappa shape index (κ3) is 3.35. The number of rotatable bonds is 4. The second kappa shape index (κ2) is 5.22. The normalized spacial score (nSPS) is 20.2. The largest absolute Gasteiger partial charge is 0.466 e. The Morgan fingerprint density at radius 2 is 2.15 bits per heavy atom. The average molecular weight is 185 g/mol. The highest BCUT2D eigenvalue weighted by molar-refractivity contribution is 5.70. The third-order valence-corrected chi connectivity index (χ3v) is 2.71. The highest BCUT2D eigenvalue weighted by Gasteiger charge is 2.24. The highest BCUT2D eigenvalue weighted by atomic mass is 16.5. The maximum absolute atomic E-state index is 11.1. The number of nitrogens with two attached hydrogens (primary N) is 1. The van der Waals surface area contributed by atoms with Crippen molar-refractivity contribution >= 4 is 5.97 Å². The van der Waals surface area contributed by atoms with Crippen molar-refractivity contribution in [3.63, 3.8) is 0 Å². The lowest BCUT2D eigenvalue weighted by Crippen LogP contribution is -2.31. The summed E-state index contributed by atoms with van der Waals surface area (Å²) in [6.45, 7) is 2.27. The van der Waals surface area contributed by atoms with E-state index >= 15 is 0 Å². The van der Waals surface area contributed by atoms with E-state index in [1.54, 1.807) is 0 Å². The molecule has 2 N–H and O–H groups in total. The van der Waals surface area contributed by atoms with Gasteiger partial charge in [0.25, 0.3) is 0 Å². The maximum Gasteiger partial charge on any atom is 0.307 e. The number of carbonyl (C=O) groups is 1. The number of esters is 1. The zero-order valence-corrected chi connectivity index (χ0v) is 8.29. The standard InChI is InChI=1S/C10H19NO2/c1-2-13-10(12)7-9(11)8-5-3-4-6-8/h8-9H,2-7,11H2,1H3/t9-/m1/s1. The molecule has 0 spiro atoms. The minimum Gasteiger partial charge on any atom is -0.466 e. The minimum atomic E-state index is -0.151. The van der Waals surface area contributed by atoms with E-state index in [0.717, 1.165) is 0 Å². The predicted molar refractivity (Wildman–Crippen MR) is 51.2 cm³/mol. The van der Waals surface area contributed by atoms with Crippen LogP contribution in [-0.4, -0.2) is 18.6 Å².